The van der Waals surface area contributed by atoms with E-state index in [1.807, 2.05) is 24.3 Å². The summed E-state index contributed by atoms with van der Waals surface area (Å²) in [5.74, 6) is 1.77. The van der Waals surface area contributed by atoms with Gasteiger partial charge in [0.25, 0.3) is 0 Å². The van der Waals surface area contributed by atoms with Crippen LogP contribution < -0.4 is 19.5 Å². The maximum Gasteiger partial charge on any atom is 0.231 e. The molecule has 2 aromatic carbocycles. The lowest BCUT2D eigenvalue weighted by Gasteiger charge is -2.09. The average Bonchev–Trinajstić information content (AvgIpc) is 3.14. The molecule has 6 heteroatoms. The minimum atomic E-state index is -0.144. The first kappa shape index (κ1) is 17.8. The number of benzene rings is 2. The van der Waals surface area contributed by atoms with Crippen LogP contribution in [0.1, 0.15) is 28.8 Å². The molecule has 1 N–H and O–H groups in total. The van der Waals surface area contributed by atoms with E-state index in [-0.39, 0.29) is 31.3 Å². The normalized spacial score (nSPS) is 11.9. The monoisotopic (exact) mass is 355 g/mol. The van der Waals surface area contributed by atoms with Crippen LogP contribution in [-0.4, -0.2) is 32.1 Å². The van der Waals surface area contributed by atoms with E-state index in [4.69, 9.17) is 14.2 Å². The van der Waals surface area contributed by atoms with Gasteiger partial charge in [0.05, 0.1) is 7.11 Å². The van der Waals surface area contributed by atoms with Gasteiger partial charge in [0.2, 0.25) is 12.7 Å². The highest BCUT2D eigenvalue weighted by Crippen LogP contribution is 2.32. The van der Waals surface area contributed by atoms with Crippen molar-refractivity contribution in [2.45, 2.75) is 19.3 Å². The number of amides is 1. The first-order valence-corrected chi connectivity index (χ1v) is 8.49. The first-order valence-electron chi connectivity index (χ1n) is 8.49. The number of Topliss-reactive ketones (excluding diaryl/α,β-unsaturated/α-hetero) is 1. The Hall–Kier alpha value is -3.02. The number of ether oxygens (including phenoxy) is 3. The fourth-order valence-electron chi connectivity index (χ4n) is 2.78. The Bertz CT molecular complexity index is 803. The lowest BCUT2D eigenvalue weighted by atomic mass is 10.1. The summed E-state index contributed by atoms with van der Waals surface area (Å²) in [5.41, 5.74) is 1.56. The lowest BCUT2D eigenvalue weighted by molar-refractivity contribution is -0.121. The Morgan fingerprint density at radius 1 is 1.08 bits per heavy atom. The van der Waals surface area contributed by atoms with Crippen molar-refractivity contribution in [3.63, 3.8) is 0 Å². The Kier molecular flexibility index (Phi) is 5.73. The largest absolute Gasteiger partial charge is 0.496 e. The molecule has 6 nitrogen and oxygen atoms in total. The number of ketones is 1. The summed E-state index contributed by atoms with van der Waals surface area (Å²) >= 11 is 0. The Morgan fingerprint density at radius 3 is 2.73 bits per heavy atom. The number of hydrogen-bond acceptors (Lipinski definition) is 5. The molecule has 1 heterocycles. The molecule has 1 amide bonds. The van der Waals surface area contributed by atoms with Crippen LogP contribution in [-0.2, 0) is 11.2 Å². The average molecular weight is 355 g/mol. The zero-order valence-electron chi connectivity index (χ0n) is 14.6. The minimum absolute atomic E-state index is 0.0943. The summed E-state index contributed by atoms with van der Waals surface area (Å²) in [6, 6.07) is 12.8. The maximum absolute atomic E-state index is 12.2. The van der Waals surface area contributed by atoms with Crippen LogP contribution in [0.3, 0.4) is 0 Å². The number of carbonyl (C=O) groups excluding carboxylic acids is 2. The van der Waals surface area contributed by atoms with Gasteiger partial charge >= 0.3 is 0 Å². The summed E-state index contributed by atoms with van der Waals surface area (Å²) in [6.07, 6.45) is 0.977. The van der Waals surface area contributed by atoms with Gasteiger partial charge in [-0.15, -0.1) is 0 Å². The van der Waals surface area contributed by atoms with Gasteiger partial charge in [0.15, 0.2) is 17.3 Å². The number of para-hydroxylation sites is 1. The van der Waals surface area contributed by atoms with Gasteiger partial charge in [-0.1, -0.05) is 18.2 Å². The van der Waals surface area contributed by atoms with E-state index in [2.05, 4.69) is 5.32 Å². The van der Waals surface area contributed by atoms with E-state index in [9.17, 15) is 9.59 Å². The highest BCUT2D eigenvalue weighted by Gasteiger charge is 2.16. The number of carbonyl (C=O) groups is 2. The molecule has 0 aliphatic carbocycles. The number of hydrogen-bond donors (Lipinski definition) is 1. The Morgan fingerprint density at radius 2 is 1.88 bits per heavy atom. The molecule has 0 saturated heterocycles. The second-order valence-electron chi connectivity index (χ2n) is 5.90. The summed E-state index contributed by atoms with van der Waals surface area (Å²) < 4.78 is 15.8. The summed E-state index contributed by atoms with van der Waals surface area (Å²) in [7, 11) is 1.62. The van der Waals surface area contributed by atoms with Crippen molar-refractivity contribution in [3.8, 4) is 17.2 Å². The molecule has 0 bridgehead atoms. The molecule has 0 spiro atoms. The number of fused-ring (bicyclic) bond motifs is 1. The number of methoxy groups -OCH3 is 1. The van der Waals surface area contributed by atoms with Crippen molar-refractivity contribution >= 4 is 11.7 Å². The van der Waals surface area contributed by atoms with E-state index in [1.54, 1.807) is 25.3 Å². The third-order valence-corrected chi connectivity index (χ3v) is 4.18. The van der Waals surface area contributed by atoms with E-state index in [0.29, 0.717) is 30.0 Å². The van der Waals surface area contributed by atoms with Crippen LogP contribution in [0.25, 0.3) is 0 Å². The molecule has 0 atom stereocenters. The molecule has 26 heavy (non-hydrogen) atoms. The summed E-state index contributed by atoms with van der Waals surface area (Å²) in [4.78, 5) is 24.2. The van der Waals surface area contributed by atoms with Gasteiger partial charge in [-0.25, -0.2) is 0 Å². The summed E-state index contributed by atoms with van der Waals surface area (Å²) in [6.45, 7) is 0.666. The molecule has 0 fully saturated rings. The molecule has 136 valence electrons. The first-order chi connectivity index (χ1) is 12.7. The number of rotatable bonds is 8. The molecular formula is C20H21NO5. The van der Waals surface area contributed by atoms with Crippen molar-refractivity contribution < 1.29 is 23.8 Å². The minimum Gasteiger partial charge on any atom is -0.496 e. The van der Waals surface area contributed by atoms with Gasteiger partial charge in [0, 0.05) is 24.9 Å². The molecular weight excluding hydrogens is 334 g/mol. The van der Waals surface area contributed by atoms with Gasteiger partial charge in [-0.05, 0) is 36.2 Å². The van der Waals surface area contributed by atoms with E-state index < -0.39 is 0 Å². The van der Waals surface area contributed by atoms with Crippen molar-refractivity contribution in [2.75, 3.05) is 20.4 Å². The maximum atomic E-state index is 12.2. The second-order valence-corrected chi connectivity index (χ2v) is 5.90. The van der Waals surface area contributed by atoms with E-state index in [1.165, 1.54) is 0 Å². The van der Waals surface area contributed by atoms with Crippen LogP contribution in [0, 0.1) is 0 Å². The van der Waals surface area contributed by atoms with Gasteiger partial charge in [0.1, 0.15) is 5.75 Å². The molecule has 0 unspecified atom stereocenters. The zero-order valence-corrected chi connectivity index (χ0v) is 14.6. The Balaban J connectivity index is 1.43. The molecule has 1 aliphatic rings. The lowest BCUT2D eigenvalue weighted by Crippen LogP contribution is -2.26. The SMILES string of the molecule is COc1ccccc1CCNC(=O)CCC(=O)c1ccc2c(c1)OCO2. The highest BCUT2D eigenvalue weighted by molar-refractivity contribution is 5.98. The standard InChI is InChI=1S/C20H21NO5/c1-24-17-5-3-2-4-14(17)10-11-21-20(23)9-7-16(22)15-6-8-18-19(12-15)26-13-25-18/h2-6,8,12H,7,9-11,13H2,1H3,(H,21,23). The smallest absolute Gasteiger partial charge is 0.231 e. The summed E-state index contributed by atoms with van der Waals surface area (Å²) in [5, 5.41) is 2.84. The van der Waals surface area contributed by atoms with Crippen molar-refractivity contribution in [2.24, 2.45) is 0 Å². The van der Waals surface area contributed by atoms with Crippen molar-refractivity contribution in [1.29, 1.82) is 0 Å². The zero-order chi connectivity index (χ0) is 18.4. The fourth-order valence-corrected chi connectivity index (χ4v) is 2.78. The third kappa shape index (κ3) is 4.33. The van der Waals surface area contributed by atoms with Crippen LogP contribution in [0.5, 0.6) is 17.2 Å². The molecule has 3 rings (SSSR count). The predicted molar refractivity (Wildman–Crippen MR) is 95.8 cm³/mol. The third-order valence-electron chi connectivity index (χ3n) is 4.18. The van der Waals surface area contributed by atoms with Crippen LogP contribution >= 0.6 is 0 Å². The molecule has 2 aromatic rings. The predicted octanol–water partition coefficient (Wildman–Crippen LogP) is 2.75. The van der Waals surface area contributed by atoms with Gasteiger partial charge < -0.3 is 19.5 Å². The number of nitrogens with one attached hydrogen (secondary N) is 1. The van der Waals surface area contributed by atoms with Crippen LogP contribution in [0.4, 0.5) is 0 Å². The Labute approximate surface area is 152 Å². The fraction of sp³-hybridized carbons (Fsp3) is 0.300. The molecule has 0 radical (unpaired) electrons. The van der Waals surface area contributed by atoms with Gasteiger partial charge in [-0.3, -0.25) is 9.59 Å². The quantitative estimate of drug-likeness (QED) is 0.737. The van der Waals surface area contributed by atoms with E-state index in [0.717, 1.165) is 11.3 Å². The highest BCUT2D eigenvalue weighted by atomic mass is 16.7. The second kappa shape index (κ2) is 8.38. The van der Waals surface area contributed by atoms with Crippen LogP contribution in [0.2, 0.25) is 0 Å². The topological polar surface area (TPSA) is 73.9 Å². The molecule has 0 aromatic heterocycles. The van der Waals surface area contributed by atoms with E-state index >= 15 is 0 Å². The van der Waals surface area contributed by atoms with Gasteiger partial charge in [-0.2, -0.15) is 0 Å². The van der Waals surface area contributed by atoms with Crippen molar-refractivity contribution in [1.82, 2.24) is 5.32 Å². The molecule has 1 aliphatic heterocycles. The molecule has 0 saturated carbocycles. The van der Waals surface area contributed by atoms with Crippen LogP contribution in [0.15, 0.2) is 42.5 Å². The van der Waals surface area contributed by atoms with Crippen molar-refractivity contribution in [3.05, 3.63) is 53.6 Å².